The molecule has 0 fully saturated rings. The third kappa shape index (κ3) is 3.39. The number of rotatable bonds is 6. The molecule has 7 heteroatoms. The highest BCUT2D eigenvalue weighted by molar-refractivity contribution is 9.10. The van der Waals surface area contributed by atoms with E-state index in [9.17, 15) is 4.79 Å². The lowest BCUT2D eigenvalue weighted by Crippen LogP contribution is -2.22. The SMILES string of the molecule is COc1ccc(OCCCn2cc(Br)n3cncc3c2=O)cc1. The summed E-state index contributed by atoms with van der Waals surface area (Å²) in [5.74, 6) is 1.58. The van der Waals surface area contributed by atoms with Crippen molar-refractivity contribution in [3.8, 4) is 11.5 Å². The van der Waals surface area contributed by atoms with Gasteiger partial charge in [0.05, 0.1) is 19.9 Å². The Labute approximate surface area is 141 Å². The molecule has 2 aromatic heterocycles. The molecule has 0 unspecified atom stereocenters. The van der Waals surface area contributed by atoms with Crippen molar-refractivity contribution >= 4 is 21.4 Å². The predicted molar refractivity (Wildman–Crippen MR) is 90.3 cm³/mol. The Morgan fingerprint density at radius 3 is 2.70 bits per heavy atom. The molecule has 2 heterocycles. The van der Waals surface area contributed by atoms with Crippen molar-refractivity contribution in [3.63, 3.8) is 0 Å². The van der Waals surface area contributed by atoms with Gasteiger partial charge in [0.1, 0.15) is 27.9 Å². The normalized spacial score (nSPS) is 10.9. The number of ether oxygens (including phenoxy) is 2. The van der Waals surface area contributed by atoms with Gasteiger partial charge in [-0.15, -0.1) is 0 Å². The van der Waals surface area contributed by atoms with Gasteiger partial charge in [0.15, 0.2) is 0 Å². The second kappa shape index (κ2) is 6.87. The molecule has 3 rings (SSSR count). The van der Waals surface area contributed by atoms with E-state index in [0.717, 1.165) is 22.5 Å². The van der Waals surface area contributed by atoms with Crippen LogP contribution >= 0.6 is 15.9 Å². The summed E-state index contributed by atoms with van der Waals surface area (Å²) >= 11 is 3.44. The first-order chi connectivity index (χ1) is 11.2. The fraction of sp³-hybridized carbons (Fsp3) is 0.250. The van der Waals surface area contributed by atoms with Crippen LogP contribution in [-0.4, -0.2) is 27.7 Å². The van der Waals surface area contributed by atoms with E-state index < -0.39 is 0 Å². The molecule has 1 aromatic carbocycles. The summed E-state index contributed by atoms with van der Waals surface area (Å²) in [6.45, 7) is 1.11. The minimum Gasteiger partial charge on any atom is -0.497 e. The number of hydrogen-bond acceptors (Lipinski definition) is 4. The predicted octanol–water partition coefficient (Wildman–Crippen LogP) is 2.74. The summed E-state index contributed by atoms with van der Waals surface area (Å²) in [4.78, 5) is 16.3. The lowest BCUT2D eigenvalue weighted by atomic mass is 10.3. The molecule has 6 nitrogen and oxygen atoms in total. The lowest BCUT2D eigenvalue weighted by molar-refractivity contribution is 0.300. The molecule has 3 aromatic rings. The molecule has 0 aliphatic heterocycles. The highest BCUT2D eigenvalue weighted by atomic mass is 79.9. The number of benzene rings is 1. The van der Waals surface area contributed by atoms with Crippen LogP contribution in [0.4, 0.5) is 0 Å². The Hall–Kier alpha value is -2.28. The molecule has 0 radical (unpaired) electrons. The molecule has 0 aliphatic carbocycles. The maximum atomic E-state index is 12.3. The molecule has 0 amide bonds. The first kappa shape index (κ1) is 15.6. The van der Waals surface area contributed by atoms with Gasteiger partial charge in [0.2, 0.25) is 0 Å². The zero-order valence-corrected chi connectivity index (χ0v) is 14.2. The van der Waals surface area contributed by atoms with Crippen LogP contribution in [0, 0.1) is 0 Å². The number of aromatic nitrogens is 3. The third-order valence-electron chi connectivity index (χ3n) is 3.48. The molecule has 0 N–H and O–H groups in total. The summed E-state index contributed by atoms with van der Waals surface area (Å²) < 4.78 is 14.9. The number of methoxy groups -OCH3 is 1. The number of fused-ring (bicyclic) bond motifs is 1. The van der Waals surface area contributed by atoms with E-state index in [0.29, 0.717) is 18.7 Å². The van der Waals surface area contributed by atoms with Crippen LogP contribution in [0.1, 0.15) is 6.42 Å². The standard InChI is InChI=1S/C16H16BrN3O3/c1-22-12-3-5-13(6-4-12)23-8-2-7-19-10-15(17)20-11-18-9-14(20)16(19)21/h3-6,9-11H,2,7-8H2,1H3. The van der Waals surface area contributed by atoms with Crippen molar-refractivity contribution in [1.29, 1.82) is 0 Å². The molecule has 23 heavy (non-hydrogen) atoms. The van der Waals surface area contributed by atoms with Crippen molar-refractivity contribution in [2.75, 3.05) is 13.7 Å². The Bertz CT molecular complexity index is 855. The van der Waals surface area contributed by atoms with Crippen LogP contribution in [0.3, 0.4) is 0 Å². The molecule has 0 saturated carbocycles. The molecule has 0 aliphatic rings. The number of halogens is 1. The maximum absolute atomic E-state index is 12.3. The van der Waals surface area contributed by atoms with Gasteiger partial charge in [-0.05, 0) is 46.6 Å². The van der Waals surface area contributed by atoms with Gasteiger partial charge in [-0.25, -0.2) is 4.98 Å². The second-order valence-corrected chi connectivity index (χ2v) is 5.79. The van der Waals surface area contributed by atoms with Crippen LogP contribution in [-0.2, 0) is 6.54 Å². The van der Waals surface area contributed by atoms with Gasteiger partial charge >= 0.3 is 0 Å². The minimum absolute atomic E-state index is 0.0600. The topological polar surface area (TPSA) is 57.8 Å². The van der Waals surface area contributed by atoms with Gasteiger partial charge in [-0.1, -0.05) is 0 Å². The largest absolute Gasteiger partial charge is 0.497 e. The molecule has 120 valence electrons. The average molecular weight is 378 g/mol. The second-order valence-electron chi connectivity index (χ2n) is 4.98. The highest BCUT2D eigenvalue weighted by Crippen LogP contribution is 2.17. The number of aryl methyl sites for hydroxylation is 1. The van der Waals surface area contributed by atoms with Crippen molar-refractivity contribution in [2.45, 2.75) is 13.0 Å². The van der Waals surface area contributed by atoms with Gasteiger partial charge in [-0.3, -0.25) is 9.20 Å². The van der Waals surface area contributed by atoms with E-state index in [1.807, 2.05) is 24.3 Å². The summed E-state index contributed by atoms with van der Waals surface area (Å²) in [6.07, 6.45) is 5.67. The Morgan fingerprint density at radius 2 is 1.96 bits per heavy atom. The van der Waals surface area contributed by atoms with Crippen molar-refractivity contribution in [3.05, 3.63) is 57.9 Å². The Kier molecular flexibility index (Phi) is 4.66. The Morgan fingerprint density at radius 1 is 1.22 bits per heavy atom. The fourth-order valence-electron chi connectivity index (χ4n) is 2.28. The van der Waals surface area contributed by atoms with Crippen LogP contribution in [0.5, 0.6) is 11.5 Å². The van der Waals surface area contributed by atoms with Crippen LogP contribution in [0.15, 0.2) is 52.4 Å². The van der Waals surface area contributed by atoms with Gasteiger partial charge in [0, 0.05) is 12.7 Å². The molecule has 0 atom stereocenters. The van der Waals surface area contributed by atoms with Crippen LogP contribution in [0.2, 0.25) is 0 Å². The minimum atomic E-state index is -0.0600. The fourth-order valence-corrected chi connectivity index (χ4v) is 2.81. The monoisotopic (exact) mass is 377 g/mol. The first-order valence-corrected chi connectivity index (χ1v) is 7.96. The third-order valence-corrected chi connectivity index (χ3v) is 4.07. The quantitative estimate of drug-likeness (QED) is 0.619. The molecule has 0 saturated heterocycles. The molecular formula is C16H16BrN3O3. The van der Waals surface area contributed by atoms with Crippen LogP contribution in [0.25, 0.3) is 5.52 Å². The zero-order chi connectivity index (χ0) is 16.2. The first-order valence-electron chi connectivity index (χ1n) is 7.17. The molecular weight excluding hydrogens is 362 g/mol. The average Bonchev–Trinajstić information content (AvgIpc) is 3.07. The van der Waals surface area contributed by atoms with Crippen LogP contribution < -0.4 is 15.0 Å². The van der Waals surface area contributed by atoms with Gasteiger partial charge in [-0.2, -0.15) is 0 Å². The zero-order valence-electron chi connectivity index (χ0n) is 12.6. The summed E-state index contributed by atoms with van der Waals surface area (Å²) in [6, 6.07) is 7.43. The summed E-state index contributed by atoms with van der Waals surface area (Å²) in [7, 11) is 1.63. The van der Waals surface area contributed by atoms with Gasteiger partial charge in [0.25, 0.3) is 5.56 Å². The number of imidazole rings is 1. The van der Waals surface area contributed by atoms with E-state index in [4.69, 9.17) is 9.47 Å². The van der Waals surface area contributed by atoms with Crippen molar-refractivity contribution in [1.82, 2.24) is 14.0 Å². The van der Waals surface area contributed by atoms with E-state index in [1.54, 1.807) is 34.8 Å². The van der Waals surface area contributed by atoms with E-state index in [2.05, 4.69) is 20.9 Å². The lowest BCUT2D eigenvalue weighted by Gasteiger charge is -2.09. The molecule has 0 bridgehead atoms. The maximum Gasteiger partial charge on any atom is 0.276 e. The number of hydrogen-bond donors (Lipinski definition) is 0. The molecule has 0 spiro atoms. The Balaban J connectivity index is 1.60. The van der Waals surface area contributed by atoms with E-state index in [-0.39, 0.29) is 5.56 Å². The van der Waals surface area contributed by atoms with E-state index >= 15 is 0 Å². The smallest absolute Gasteiger partial charge is 0.276 e. The number of nitrogens with zero attached hydrogens (tertiary/aromatic N) is 3. The van der Waals surface area contributed by atoms with E-state index in [1.165, 1.54) is 0 Å². The van der Waals surface area contributed by atoms with Gasteiger partial charge < -0.3 is 14.0 Å². The summed E-state index contributed by atoms with van der Waals surface area (Å²) in [5, 5.41) is 0. The summed E-state index contributed by atoms with van der Waals surface area (Å²) in [5.41, 5.74) is 0.491. The van der Waals surface area contributed by atoms with Crippen molar-refractivity contribution < 1.29 is 9.47 Å². The van der Waals surface area contributed by atoms with Crippen molar-refractivity contribution in [2.24, 2.45) is 0 Å². The highest BCUT2D eigenvalue weighted by Gasteiger charge is 2.07.